The lowest BCUT2D eigenvalue weighted by atomic mass is 10.2. The van der Waals surface area contributed by atoms with Crippen molar-refractivity contribution in [1.82, 2.24) is 0 Å². The van der Waals surface area contributed by atoms with E-state index in [-0.39, 0.29) is 0 Å². The van der Waals surface area contributed by atoms with Gasteiger partial charge in [0, 0.05) is 6.54 Å². The fourth-order valence-corrected chi connectivity index (χ4v) is 2.26. The summed E-state index contributed by atoms with van der Waals surface area (Å²) in [5, 5.41) is 4.07. The Morgan fingerprint density at radius 1 is 1.10 bits per heavy atom. The van der Waals surface area contributed by atoms with Crippen LogP contribution in [0.25, 0.3) is 0 Å². The van der Waals surface area contributed by atoms with E-state index in [1.807, 2.05) is 50.2 Å². The number of benzene rings is 2. The minimum absolute atomic E-state index is 0.608. The molecule has 0 heterocycles. The second-order valence-corrected chi connectivity index (χ2v) is 5.16. The quantitative estimate of drug-likeness (QED) is 0.841. The maximum absolute atomic E-state index is 6.18. The third kappa shape index (κ3) is 4.05. The highest BCUT2D eigenvalue weighted by Gasteiger charge is 2.06. The summed E-state index contributed by atoms with van der Waals surface area (Å²) >= 11 is 6.18. The van der Waals surface area contributed by atoms with Crippen molar-refractivity contribution in [3.63, 3.8) is 0 Å². The van der Waals surface area contributed by atoms with Gasteiger partial charge in [-0.1, -0.05) is 23.7 Å². The van der Waals surface area contributed by atoms with Crippen molar-refractivity contribution in [1.29, 1.82) is 0 Å². The minimum Gasteiger partial charge on any atom is -0.493 e. The van der Waals surface area contributed by atoms with Gasteiger partial charge in [0.1, 0.15) is 0 Å². The SMILES string of the molecule is CCOc1cc(CNc2cc(C)ccc2Cl)ccc1OC. The second kappa shape index (κ2) is 7.23. The predicted molar refractivity (Wildman–Crippen MR) is 87.7 cm³/mol. The Hall–Kier alpha value is -1.87. The number of ether oxygens (including phenoxy) is 2. The van der Waals surface area contributed by atoms with Gasteiger partial charge in [-0.2, -0.15) is 0 Å². The average molecular weight is 306 g/mol. The fourth-order valence-electron chi connectivity index (χ4n) is 2.07. The summed E-state index contributed by atoms with van der Waals surface area (Å²) in [6, 6.07) is 11.8. The molecule has 3 nitrogen and oxygen atoms in total. The summed E-state index contributed by atoms with van der Waals surface area (Å²) < 4.78 is 10.9. The Balaban J connectivity index is 2.12. The van der Waals surface area contributed by atoms with E-state index >= 15 is 0 Å². The summed E-state index contributed by atoms with van der Waals surface area (Å²) in [6.07, 6.45) is 0. The van der Waals surface area contributed by atoms with Gasteiger partial charge in [0.15, 0.2) is 11.5 Å². The highest BCUT2D eigenvalue weighted by Crippen LogP contribution is 2.29. The van der Waals surface area contributed by atoms with Crippen LogP contribution < -0.4 is 14.8 Å². The summed E-state index contributed by atoms with van der Waals surface area (Å²) in [5.74, 6) is 1.50. The molecule has 0 unspecified atom stereocenters. The molecule has 0 fully saturated rings. The molecule has 0 aromatic heterocycles. The third-order valence-electron chi connectivity index (χ3n) is 3.13. The van der Waals surface area contributed by atoms with Crippen molar-refractivity contribution in [3.8, 4) is 11.5 Å². The van der Waals surface area contributed by atoms with E-state index in [0.717, 1.165) is 27.8 Å². The molecule has 2 aromatic rings. The molecule has 112 valence electrons. The molecule has 0 saturated carbocycles. The molecule has 2 rings (SSSR count). The number of rotatable bonds is 6. The van der Waals surface area contributed by atoms with E-state index in [2.05, 4.69) is 5.32 Å². The molecule has 1 N–H and O–H groups in total. The Kier molecular flexibility index (Phi) is 5.34. The largest absolute Gasteiger partial charge is 0.493 e. The summed E-state index contributed by atoms with van der Waals surface area (Å²) in [6.45, 7) is 5.28. The zero-order valence-corrected chi connectivity index (χ0v) is 13.3. The Labute approximate surface area is 130 Å². The molecule has 4 heteroatoms. The van der Waals surface area contributed by atoms with Crippen LogP contribution >= 0.6 is 11.6 Å². The molecule has 0 amide bonds. The summed E-state index contributed by atoms with van der Waals surface area (Å²) in [7, 11) is 1.64. The van der Waals surface area contributed by atoms with E-state index in [0.29, 0.717) is 13.2 Å². The van der Waals surface area contributed by atoms with E-state index in [1.54, 1.807) is 7.11 Å². The average Bonchev–Trinajstić information content (AvgIpc) is 2.49. The molecule has 0 aliphatic carbocycles. The molecule has 0 radical (unpaired) electrons. The second-order valence-electron chi connectivity index (χ2n) is 4.76. The molecule has 0 atom stereocenters. The molecule has 0 aliphatic rings. The number of methoxy groups -OCH3 is 1. The van der Waals surface area contributed by atoms with Crippen molar-refractivity contribution < 1.29 is 9.47 Å². The first-order valence-electron chi connectivity index (χ1n) is 6.93. The van der Waals surface area contributed by atoms with Crippen molar-refractivity contribution in [2.75, 3.05) is 19.0 Å². The van der Waals surface area contributed by atoms with Crippen LogP contribution in [0.15, 0.2) is 36.4 Å². The highest BCUT2D eigenvalue weighted by atomic mass is 35.5. The maximum atomic E-state index is 6.18. The van der Waals surface area contributed by atoms with Crippen LogP contribution in [0, 0.1) is 6.92 Å². The normalized spacial score (nSPS) is 10.3. The van der Waals surface area contributed by atoms with Crippen LogP contribution in [0.5, 0.6) is 11.5 Å². The number of anilines is 1. The molecule has 0 spiro atoms. The standard InChI is InChI=1S/C17H20ClNO2/c1-4-21-17-10-13(6-8-16(17)20-3)11-19-15-9-12(2)5-7-14(15)18/h5-10,19H,4,11H2,1-3H3. The van der Waals surface area contributed by atoms with Gasteiger partial charge in [0.2, 0.25) is 0 Å². The number of hydrogen-bond acceptors (Lipinski definition) is 3. The number of nitrogens with one attached hydrogen (secondary N) is 1. The van der Waals surface area contributed by atoms with Crippen molar-refractivity contribution in [2.24, 2.45) is 0 Å². The van der Waals surface area contributed by atoms with E-state index < -0.39 is 0 Å². The van der Waals surface area contributed by atoms with Gasteiger partial charge in [0.05, 0.1) is 24.4 Å². The molecule has 0 aliphatic heterocycles. The lowest BCUT2D eigenvalue weighted by Crippen LogP contribution is -2.02. The summed E-state index contributed by atoms with van der Waals surface area (Å²) in [4.78, 5) is 0. The van der Waals surface area contributed by atoms with Crippen LogP contribution in [-0.4, -0.2) is 13.7 Å². The lowest BCUT2D eigenvalue weighted by molar-refractivity contribution is 0.310. The molecule has 2 aromatic carbocycles. The third-order valence-corrected chi connectivity index (χ3v) is 3.46. The minimum atomic E-state index is 0.608. The van der Waals surface area contributed by atoms with Gasteiger partial charge < -0.3 is 14.8 Å². The smallest absolute Gasteiger partial charge is 0.161 e. The monoisotopic (exact) mass is 305 g/mol. The Morgan fingerprint density at radius 3 is 2.62 bits per heavy atom. The van der Waals surface area contributed by atoms with E-state index in [1.165, 1.54) is 5.56 Å². The molecule has 0 bridgehead atoms. The molecule has 21 heavy (non-hydrogen) atoms. The molecular weight excluding hydrogens is 286 g/mol. The van der Waals surface area contributed by atoms with Gasteiger partial charge in [-0.3, -0.25) is 0 Å². The first-order chi connectivity index (χ1) is 10.1. The number of halogens is 1. The van der Waals surface area contributed by atoms with Crippen molar-refractivity contribution in [2.45, 2.75) is 20.4 Å². The van der Waals surface area contributed by atoms with E-state index in [9.17, 15) is 0 Å². The Bertz CT molecular complexity index is 614. The first kappa shape index (κ1) is 15.5. The highest BCUT2D eigenvalue weighted by molar-refractivity contribution is 6.33. The Morgan fingerprint density at radius 2 is 1.90 bits per heavy atom. The van der Waals surface area contributed by atoms with Gasteiger partial charge in [-0.25, -0.2) is 0 Å². The fraction of sp³-hybridized carbons (Fsp3) is 0.294. The first-order valence-corrected chi connectivity index (χ1v) is 7.31. The van der Waals surface area contributed by atoms with Crippen LogP contribution in [0.4, 0.5) is 5.69 Å². The zero-order valence-electron chi connectivity index (χ0n) is 12.6. The lowest BCUT2D eigenvalue weighted by Gasteiger charge is -2.13. The van der Waals surface area contributed by atoms with Gasteiger partial charge in [0.25, 0.3) is 0 Å². The molecule has 0 saturated heterocycles. The van der Waals surface area contributed by atoms with Gasteiger partial charge in [-0.05, 0) is 49.2 Å². The van der Waals surface area contributed by atoms with Crippen LogP contribution in [0.2, 0.25) is 5.02 Å². The maximum Gasteiger partial charge on any atom is 0.161 e. The zero-order chi connectivity index (χ0) is 15.2. The summed E-state index contributed by atoms with van der Waals surface area (Å²) in [5.41, 5.74) is 3.22. The topological polar surface area (TPSA) is 30.5 Å². The van der Waals surface area contributed by atoms with Crippen LogP contribution in [0.1, 0.15) is 18.1 Å². The van der Waals surface area contributed by atoms with Crippen LogP contribution in [-0.2, 0) is 6.54 Å². The van der Waals surface area contributed by atoms with Crippen molar-refractivity contribution in [3.05, 3.63) is 52.5 Å². The van der Waals surface area contributed by atoms with Gasteiger partial charge >= 0.3 is 0 Å². The van der Waals surface area contributed by atoms with Crippen molar-refractivity contribution >= 4 is 17.3 Å². The van der Waals surface area contributed by atoms with E-state index in [4.69, 9.17) is 21.1 Å². The number of hydrogen-bond donors (Lipinski definition) is 1. The predicted octanol–water partition coefficient (Wildman–Crippen LogP) is 4.67. The van der Waals surface area contributed by atoms with Gasteiger partial charge in [-0.15, -0.1) is 0 Å². The number of aryl methyl sites for hydroxylation is 1. The molecular formula is C17H20ClNO2. The van der Waals surface area contributed by atoms with Crippen LogP contribution in [0.3, 0.4) is 0 Å².